The van der Waals surface area contributed by atoms with Crippen LogP contribution in [0.3, 0.4) is 0 Å². The Morgan fingerprint density at radius 3 is 2.47 bits per heavy atom. The molecule has 0 N–H and O–H groups in total. The molecule has 88 valence electrons. The smallest absolute Gasteiger partial charge is 0.335 e. The molecule has 0 spiro atoms. The van der Waals surface area contributed by atoms with Crippen molar-refractivity contribution in [2.45, 2.75) is 33.0 Å². The number of carbonyl (C=O) groups excluding carboxylic acids is 1. The van der Waals surface area contributed by atoms with Crippen LogP contribution in [-0.4, -0.2) is 32.6 Å². The summed E-state index contributed by atoms with van der Waals surface area (Å²) in [7, 11) is 1.32. The molecule has 0 aromatic heterocycles. The summed E-state index contributed by atoms with van der Waals surface area (Å²) in [5, 5.41) is 0. The highest BCUT2D eigenvalue weighted by Crippen LogP contribution is 2.06. The summed E-state index contributed by atoms with van der Waals surface area (Å²) in [6, 6.07) is 0. The molecule has 1 atom stereocenters. The number of esters is 1. The first-order valence-electron chi connectivity index (χ1n) is 5.14. The second kappa shape index (κ2) is 8.44. The average Bonchev–Trinajstić information content (AvgIpc) is 2.25. The minimum Gasteiger partial charge on any atom is -0.466 e. The highest BCUT2D eigenvalue weighted by Gasteiger charge is 2.11. The Morgan fingerprint density at radius 2 is 2.00 bits per heavy atom. The van der Waals surface area contributed by atoms with Gasteiger partial charge < -0.3 is 14.2 Å². The molecule has 0 amide bonds. The molecule has 0 heterocycles. The number of hydrogen-bond donors (Lipinski definition) is 0. The fraction of sp³-hybridized carbons (Fsp3) is 0.727. The van der Waals surface area contributed by atoms with E-state index in [9.17, 15) is 4.79 Å². The molecule has 4 heteroatoms. The van der Waals surface area contributed by atoms with Gasteiger partial charge in [0.05, 0.1) is 19.3 Å². The molecule has 15 heavy (non-hydrogen) atoms. The molecular weight excluding hydrogens is 196 g/mol. The Morgan fingerprint density at radius 1 is 1.33 bits per heavy atom. The monoisotopic (exact) mass is 216 g/mol. The van der Waals surface area contributed by atoms with Crippen LogP contribution in [0.25, 0.3) is 0 Å². The van der Waals surface area contributed by atoms with Gasteiger partial charge in [0.2, 0.25) is 0 Å². The van der Waals surface area contributed by atoms with Gasteiger partial charge in [-0.2, -0.15) is 0 Å². The van der Waals surface area contributed by atoms with Crippen molar-refractivity contribution in [1.29, 1.82) is 0 Å². The lowest BCUT2D eigenvalue weighted by Crippen LogP contribution is -2.20. The third-order valence-corrected chi connectivity index (χ3v) is 1.79. The number of ether oxygens (including phenoxy) is 3. The molecule has 0 radical (unpaired) electrons. The Balaban J connectivity index is 3.87. The molecule has 0 aliphatic heterocycles. The van der Waals surface area contributed by atoms with Gasteiger partial charge in [-0.15, -0.1) is 0 Å². The van der Waals surface area contributed by atoms with E-state index in [1.54, 1.807) is 0 Å². The Hall–Kier alpha value is -0.870. The van der Waals surface area contributed by atoms with Gasteiger partial charge in [0.25, 0.3) is 0 Å². The van der Waals surface area contributed by atoms with E-state index in [1.807, 2.05) is 13.8 Å². The average molecular weight is 216 g/mol. The van der Waals surface area contributed by atoms with E-state index in [4.69, 9.17) is 9.47 Å². The van der Waals surface area contributed by atoms with E-state index in [2.05, 4.69) is 11.3 Å². The van der Waals surface area contributed by atoms with E-state index in [0.717, 1.165) is 12.8 Å². The maximum Gasteiger partial charge on any atom is 0.335 e. The van der Waals surface area contributed by atoms with Crippen LogP contribution in [0.2, 0.25) is 0 Å². The first-order chi connectivity index (χ1) is 7.15. The maximum atomic E-state index is 11.0. The lowest BCUT2D eigenvalue weighted by Gasteiger charge is -2.17. The molecule has 0 aliphatic carbocycles. The molecule has 0 aromatic carbocycles. The van der Waals surface area contributed by atoms with E-state index < -0.39 is 5.97 Å². The van der Waals surface area contributed by atoms with E-state index in [0.29, 0.717) is 12.2 Å². The van der Waals surface area contributed by atoms with Crippen molar-refractivity contribution >= 4 is 5.97 Å². The molecule has 0 aliphatic rings. The number of carbonyl (C=O) groups is 1. The van der Waals surface area contributed by atoms with Crippen LogP contribution >= 0.6 is 0 Å². The highest BCUT2D eigenvalue weighted by molar-refractivity contribution is 5.87. The molecule has 0 saturated heterocycles. The minimum absolute atomic E-state index is 0.150. The lowest BCUT2D eigenvalue weighted by atomic mass is 10.3. The second-order valence-corrected chi connectivity index (χ2v) is 3.08. The molecule has 4 nitrogen and oxygen atoms in total. The summed E-state index contributed by atoms with van der Waals surface area (Å²) in [5.74, 6) is -0.443. The SMILES string of the molecule is C=C(COC(CCC)OCC)C(=O)OC. The normalized spacial score (nSPS) is 12.2. The number of rotatable bonds is 8. The molecule has 0 fully saturated rings. The second-order valence-electron chi connectivity index (χ2n) is 3.08. The fourth-order valence-electron chi connectivity index (χ4n) is 1.03. The van der Waals surface area contributed by atoms with Crippen molar-refractivity contribution in [3.05, 3.63) is 12.2 Å². The van der Waals surface area contributed by atoms with Crippen molar-refractivity contribution in [3.63, 3.8) is 0 Å². The van der Waals surface area contributed by atoms with Crippen molar-refractivity contribution in [2.75, 3.05) is 20.3 Å². The van der Waals surface area contributed by atoms with E-state index in [-0.39, 0.29) is 12.9 Å². The Labute approximate surface area is 91.2 Å². The van der Waals surface area contributed by atoms with Crippen molar-refractivity contribution in [2.24, 2.45) is 0 Å². The molecular formula is C11H20O4. The summed E-state index contributed by atoms with van der Waals surface area (Å²) in [6.07, 6.45) is 1.51. The molecule has 0 rings (SSSR count). The topological polar surface area (TPSA) is 44.8 Å². The predicted octanol–water partition coefficient (Wildman–Crippen LogP) is 1.89. The zero-order valence-corrected chi connectivity index (χ0v) is 9.75. The molecule has 0 saturated carbocycles. The van der Waals surface area contributed by atoms with E-state index in [1.165, 1.54) is 7.11 Å². The standard InChI is InChI=1S/C11H20O4/c1-5-7-10(14-6-2)15-8-9(3)11(12)13-4/h10H,3,5-8H2,1-2,4H3. The van der Waals surface area contributed by atoms with Crippen LogP contribution < -0.4 is 0 Å². The summed E-state index contributed by atoms with van der Waals surface area (Å²) in [4.78, 5) is 11.0. The maximum absolute atomic E-state index is 11.0. The summed E-state index contributed by atoms with van der Waals surface area (Å²) in [5.41, 5.74) is 0.304. The van der Waals surface area contributed by atoms with Gasteiger partial charge in [0, 0.05) is 6.61 Å². The third kappa shape index (κ3) is 6.25. The van der Waals surface area contributed by atoms with Crippen molar-refractivity contribution in [1.82, 2.24) is 0 Å². The van der Waals surface area contributed by atoms with Gasteiger partial charge in [0.1, 0.15) is 0 Å². The Kier molecular flexibility index (Phi) is 7.95. The molecule has 1 unspecified atom stereocenters. The zero-order chi connectivity index (χ0) is 11.7. The largest absolute Gasteiger partial charge is 0.466 e. The van der Waals surface area contributed by atoms with Crippen LogP contribution in [0.4, 0.5) is 0 Å². The van der Waals surface area contributed by atoms with Crippen LogP contribution in [0.1, 0.15) is 26.7 Å². The summed E-state index contributed by atoms with van der Waals surface area (Å²) < 4.78 is 15.2. The van der Waals surface area contributed by atoms with Gasteiger partial charge in [-0.05, 0) is 13.3 Å². The first-order valence-corrected chi connectivity index (χ1v) is 5.14. The van der Waals surface area contributed by atoms with Gasteiger partial charge in [-0.1, -0.05) is 19.9 Å². The lowest BCUT2D eigenvalue weighted by molar-refractivity contribution is -0.146. The third-order valence-electron chi connectivity index (χ3n) is 1.79. The highest BCUT2D eigenvalue weighted by atomic mass is 16.7. The van der Waals surface area contributed by atoms with Gasteiger partial charge in [-0.3, -0.25) is 0 Å². The zero-order valence-electron chi connectivity index (χ0n) is 9.75. The van der Waals surface area contributed by atoms with Crippen LogP contribution in [0.5, 0.6) is 0 Å². The molecule has 0 aromatic rings. The number of hydrogen-bond acceptors (Lipinski definition) is 4. The van der Waals surface area contributed by atoms with E-state index >= 15 is 0 Å². The van der Waals surface area contributed by atoms with Gasteiger partial charge >= 0.3 is 5.97 Å². The molecule has 0 bridgehead atoms. The Bertz CT molecular complexity index is 195. The van der Waals surface area contributed by atoms with Crippen LogP contribution in [0, 0.1) is 0 Å². The van der Waals surface area contributed by atoms with Crippen LogP contribution in [-0.2, 0) is 19.0 Å². The fourth-order valence-corrected chi connectivity index (χ4v) is 1.03. The minimum atomic E-state index is -0.443. The van der Waals surface area contributed by atoms with Crippen molar-refractivity contribution in [3.8, 4) is 0 Å². The number of methoxy groups -OCH3 is 1. The summed E-state index contributed by atoms with van der Waals surface area (Å²) in [6.45, 7) is 8.26. The predicted molar refractivity (Wildman–Crippen MR) is 57.4 cm³/mol. The van der Waals surface area contributed by atoms with Gasteiger partial charge in [-0.25, -0.2) is 4.79 Å². The first kappa shape index (κ1) is 14.1. The quantitative estimate of drug-likeness (QED) is 0.353. The van der Waals surface area contributed by atoms with Gasteiger partial charge in [0.15, 0.2) is 6.29 Å². The summed E-state index contributed by atoms with van der Waals surface area (Å²) >= 11 is 0. The van der Waals surface area contributed by atoms with Crippen LogP contribution in [0.15, 0.2) is 12.2 Å². The van der Waals surface area contributed by atoms with Crippen molar-refractivity contribution < 1.29 is 19.0 Å².